The Kier molecular flexibility index (Phi) is 3.37. The minimum absolute atomic E-state index is 0.359. The summed E-state index contributed by atoms with van der Waals surface area (Å²) < 4.78 is 0. The standard InChI is InChI=1S/C10H12O2S/c1-3-13-9-5-4-8(10(11)12)6-7(9)2/h4-6H,3H2,1-2H3,(H,11,12). The molecule has 0 amide bonds. The normalized spacial score (nSPS) is 10.0. The van der Waals surface area contributed by atoms with Crippen LogP contribution < -0.4 is 0 Å². The van der Waals surface area contributed by atoms with Gasteiger partial charge in [0.25, 0.3) is 0 Å². The first-order valence-corrected chi connectivity index (χ1v) is 5.10. The molecule has 13 heavy (non-hydrogen) atoms. The van der Waals surface area contributed by atoms with Crippen LogP contribution in [0.4, 0.5) is 0 Å². The van der Waals surface area contributed by atoms with Gasteiger partial charge in [-0.3, -0.25) is 0 Å². The zero-order valence-electron chi connectivity index (χ0n) is 7.70. The minimum atomic E-state index is -0.865. The van der Waals surface area contributed by atoms with Gasteiger partial charge in [-0.05, 0) is 36.4 Å². The van der Waals surface area contributed by atoms with E-state index in [1.54, 1.807) is 23.9 Å². The number of benzene rings is 1. The van der Waals surface area contributed by atoms with E-state index in [1.165, 1.54) is 0 Å². The Labute approximate surface area is 82.0 Å². The summed E-state index contributed by atoms with van der Waals surface area (Å²) in [5.41, 5.74) is 1.39. The van der Waals surface area contributed by atoms with Crippen LogP contribution >= 0.6 is 11.8 Å². The Bertz CT molecular complexity index is 321. The van der Waals surface area contributed by atoms with E-state index in [1.807, 2.05) is 13.0 Å². The molecule has 0 aliphatic heterocycles. The van der Waals surface area contributed by atoms with E-state index in [-0.39, 0.29) is 0 Å². The fourth-order valence-electron chi connectivity index (χ4n) is 1.10. The molecule has 1 N–H and O–H groups in total. The number of carboxylic acid groups (broad SMARTS) is 1. The molecule has 0 aromatic heterocycles. The summed E-state index contributed by atoms with van der Waals surface area (Å²) in [6.07, 6.45) is 0. The molecule has 0 atom stereocenters. The van der Waals surface area contributed by atoms with Crippen LogP contribution in [0.15, 0.2) is 23.1 Å². The van der Waals surface area contributed by atoms with Crippen molar-refractivity contribution in [3.63, 3.8) is 0 Å². The highest BCUT2D eigenvalue weighted by Crippen LogP contribution is 2.22. The van der Waals surface area contributed by atoms with Gasteiger partial charge in [0.2, 0.25) is 0 Å². The van der Waals surface area contributed by atoms with Crippen LogP contribution in [0.25, 0.3) is 0 Å². The number of hydrogen-bond donors (Lipinski definition) is 1. The molecule has 0 saturated carbocycles. The van der Waals surface area contributed by atoms with Crippen molar-refractivity contribution in [1.29, 1.82) is 0 Å². The van der Waals surface area contributed by atoms with Gasteiger partial charge >= 0.3 is 5.97 Å². The van der Waals surface area contributed by atoms with Gasteiger partial charge in [-0.15, -0.1) is 11.8 Å². The van der Waals surface area contributed by atoms with E-state index >= 15 is 0 Å². The molecule has 0 fully saturated rings. The molecule has 0 heterocycles. The molecular weight excluding hydrogens is 184 g/mol. The van der Waals surface area contributed by atoms with Crippen molar-refractivity contribution in [3.05, 3.63) is 29.3 Å². The van der Waals surface area contributed by atoms with Crippen molar-refractivity contribution in [1.82, 2.24) is 0 Å². The predicted octanol–water partition coefficient (Wildman–Crippen LogP) is 2.81. The highest BCUT2D eigenvalue weighted by atomic mass is 32.2. The summed E-state index contributed by atoms with van der Waals surface area (Å²) in [7, 11) is 0. The molecule has 2 nitrogen and oxygen atoms in total. The van der Waals surface area contributed by atoms with Gasteiger partial charge in [-0.2, -0.15) is 0 Å². The van der Waals surface area contributed by atoms with Gasteiger partial charge in [0.05, 0.1) is 5.56 Å². The lowest BCUT2D eigenvalue weighted by atomic mass is 10.1. The van der Waals surface area contributed by atoms with Crippen molar-refractivity contribution < 1.29 is 9.90 Å². The Morgan fingerprint density at radius 3 is 2.69 bits per heavy atom. The second-order valence-electron chi connectivity index (χ2n) is 2.72. The summed E-state index contributed by atoms with van der Waals surface area (Å²) >= 11 is 1.73. The molecular formula is C10H12O2S. The molecule has 0 saturated heterocycles. The Morgan fingerprint density at radius 2 is 2.23 bits per heavy atom. The molecule has 0 aliphatic rings. The van der Waals surface area contributed by atoms with E-state index in [0.717, 1.165) is 16.2 Å². The summed E-state index contributed by atoms with van der Waals surface area (Å²) in [6.45, 7) is 4.01. The number of carbonyl (C=O) groups is 1. The molecule has 1 aromatic rings. The zero-order valence-corrected chi connectivity index (χ0v) is 8.52. The SMILES string of the molecule is CCSc1ccc(C(=O)O)cc1C. The van der Waals surface area contributed by atoms with E-state index < -0.39 is 5.97 Å². The summed E-state index contributed by atoms with van der Waals surface area (Å²) in [5.74, 6) is 0.143. The summed E-state index contributed by atoms with van der Waals surface area (Å²) in [5, 5.41) is 8.72. The van der Waals surface area contributed by atoms with Gasteiger partial charge in [0.15, 0.2) is 0 Å². The molecule has 70 valence electrons. The van der Waals surface area contributed by atoms with Crippen molar-refractivity contribution in [2.24, 2.45) is 0 Å². The lowest BCUT2D eigenvalue weighted by molar-refractivity contribution is 0.0696. The molecule has 0 spiro atoms. The largest absolute Gasteiger partial charge is 0.478 e. The second kappa shape index (κ2) is 4.33. The number of carboxylic acids is 1. The third kappa shape index (κ3) is 2.49. The third-order valence-corrected chi connectivity index (χ3v) is 2.78. The van der Waals surface area contributed by atoms with Gasteiger partial charge in [-0.25, -0.2) is 4.79 Å². The summed E-state index contributed by atoms with van der Waals surface area (Å²) in [4.78, 5) is 11.8. The number of hydrogen-bond acceptors (Lipinski definition) is 2. The first-order valence-electron chi connectivity index (χ1n) is 4.12. The molecule has 0 aliphatic carbocycles. The molecule has 0 unspecified atom stereocenters. The minimum Gasteiger partial charge on any atom is -0.478 e. The van der Waals surface area contributed by atoms with E-state index in [9.17, 15) is 4.79 Å². The average Bonchev–Trinajstić information content (AvgIpc) is 2.08. The number of rotatable bonds is 3. The fraction of sp³-hybridized carbons (Fsp3) is 0.300. The Hall–Kier alpha value is -0.960. The number of aromatic carboxylic acids is 1. The molecule has 0 radical (unpaired) electrons. The van der Waals surface area contributed by atoms with Crippen LogP contribution in [0.1, 0.15) is 22.8 Å². The average molecular weight is 196 g/mol. The van der Waals surface area contributed by atoms with E-state index in [2.05, 4.69) is 6.92 Å². The molecule has 0 bridgehead atoms. The Morgan fingerprint density at radius 1 is 1.54 bits per heavy atom. The molecule has 1 aromatic carbocycles. The van der Waals surface area contributed by atoms with Crippen molar-refractivity contribution in [2.75, 3.05) is 5.75 Å². The quantitative estimate of drug-likeness (QED) is 0.755. The highest BCUT2D eigenvalue weighted by molar-refractivity contribution is 7.99. The third-order valence-electron chi connectivity index (χ3n) is 1.72. The van der Waals surface area contributed by atoms with Crippen molar-refractivity contribution in [2.45, 2.75) is 18.7 Å². The predicted molar refractivity (Wildman–Crippen MR) is 54.5 cm³/mol. The Balaban J connectivity index is 2.98. The maximum atomic E-state index is 10.6. The smallest absolute Gasteiger partial charge is 0.335 e. The number of thioether (sulfide) groups is 1. The van der Waals surface area contributed by atoms with Gasteiger partial charge < -0.3 is 5.11 Å². The molecule has 3 heteroatoms. The van der Waals surface area contributed by atoms with Crippen LogP contribution in [0, 0.1) is 6.92 Å². The van der Waals surface area contributed by atoms with Gasteiger partial charge in [-0.1, -0.05) is 6.92 Å². The van der Waals surface area contributed by atoms with Crippen LogP contribution in [0.2, 0.25) is 0 Å². The molecule has 1 rings (SSSR count). The maximum Gasteiger partial charge on any atom is 0.335 e. The second-order valence-corrected chi connectivity index (χ2v) is 4.02. The first kappa shape index (κ1) is 10.1. The maximum absolute atomic E-state index is 10.6. The van der Waals surface area contributed by atoms with Crippen LogP contribution in [0.3, 0.4) is 0 Å². The van der Waals surface area contributed by atoms with Crippen molar-refractivity contribution >= 4 is 17.7 Å². The van der Waals surface area contributed by atoms with Crippen LogP contribution in [-0.2, 0) is 0 Å². The van der Waals surface area contributed by atoms with Crippen LogP contribution in [-0.4, -0.2) is 16.8 Å². The van der Waals surface area contributed by atoms with Gasteiger partial charge in [0, 0.05) is 4.90 Å². The van der Waals surface area contributed by atoms with E-state index in [0.29, 0.717) is 5.56 Å². The van der Waals surface area contributed by atoms with Gasteiger partial charge in [0.1, 0.15) is 0 Å². The topological polar surface area (TPSA) is 37.3 Å². The monoisotopic (exact) mass is 196 g/mol. The summed E-state index contributed by atoms with van der Waals surface area (Å²) in [6, 6.07) is 5.22. The lowest BCUT2D eigenvalue weighted by Crippen LogP contribution is -1.96. The van der Waals surface area contributed by atoms with Crippen molar-refractivity contribution in [3.8, 4) is 0 Å². The number of aryl methyl sites for hydroxylation is 1. The first-order chi connectivity index (χ1) is 6.15. The zero-order chi connectivity index (χ0) is 9.84. The lowest BCUT2D eigenvalue weighted by Gasteiger charge is -2.04. The fourth-order valence-corrected chi connectivity index (χ4v) is 1.86. The highest BCUT2D eigenvalue weighted by Gasteiger charge is 2.04. The van der Waals surface area contributed by atoms with Crippen LogP contribution in [0.5, 0.6) is 0 Å². The van der Waals surface area contributed by atoms with E-state index in [4.69, 9.17) is 5.11 Å².